The second kappa shape index (κ2) is 25.0. The van der Waals surface area contributed by atoms with Crippen LogP contribution in [0.15, 0.2) is 159 Å². The van der Waals surface area contributed by atoms with Crippen LogP contribution in [0.2, 0.25) is 0 Å². The topological polar surface area (TPSA) is 201 Å². The lowest BCUT2D eigenvalue weighted by Crippen LogP contribution is -2.15. The van der Waals surface area contributed by atoms with Gasteiger partial charge in [0, 0.05) is 49.6 Å². The lowest BCUT2D eigenvalue weighted by Gasteiger charge is -2.09. The average molecular weight is 757 g/mol. The molecule has 4 N–H and O–H groups in total. The number of hydrogen-bond acceptors (Lipinski definition) is 8. The Morgan fingerprint density at radius 3 is 0.804 bits per heavy atom. The molecule has 0 bridgehead atoms. The molecule has 0 radical (unpaired) electrons. The molecule has 0 aliphatic rings. The van der Waals surface area contributed by atoms with E-state index in [4.69, 9.17) is 20.4 Å². The van der Waals surface area contributed by atoms with Crippen molar-refractivity contribution in [3.05, 3.63) is 192 Å². The fourth-order valence-corrected chi connectivity index (χ4v) is 5.19. The number of carboxylic acid groups (broad SMARTS) is 4. The Balaban J connectivity index is 0.000000200. The SMILES string of the molecule is O=C(O)C[C@H](C(=O)O)c1ccccc1.O=C(O)C[C@H](C(=O)O)c1ccccc1.c1cc(CCc2ccncc2)ccn1.c1cc(CCc2ccncc2)ccn1. The fourth-order valence-electron chi connectivity index (χ4n) is 5.19. The summed E-state index contributed by atoms with van der Waals surface area (Å²) in [5.74, 6) is -6.37. The molecule has 0 aliphatic heterocycles. The number of hydrogen-bond donors (Lipinski definition) is 4. The minimum Gasteiger partial charge on any atom is -0.481 e. The Labute approximate surface area is 325 Å². The van der Waals surface area contributed by atoms with Crippen molar-refractivity contribution in [2.24, 2.45) is 0 Å². The van der Waals surface area contributed by atoms with Gasteiger partial charge in [0.2, 0.25) is 0 Å². The van der Waals surface area contributed by atoms with Gasteiger partial charge in [-0.3, -0.25) is 39.1 Å². The number of carbonyl (C=O) groups is 4. The molecule has 0 spiro atoms. The van der Waals surface area contributed by atoms with Crippen molar-refractivity contribution in [2.75, 3.05) is 0 Å². The molecular weight excluding hydrogens is 713 g/mol. The number of pyridine rings is 4. The third kappa shape index (κ3) is 17.6. The Hall–Kier alpha value is -7.08. The maximum Gasteiger partial charge on any atom is 0.311 e. The molecule has 0 saturated carbocycles. The Bertz CT molecular complexity index is 1780. The van der Waals surface area contributed by atoms with Crippen LogP contribution in [0.25, 0.3) is 0 Å². The average Bonchev–Trinajstić information content (AvgIpc) is 3.23. The number of aromatic nitrogens is 4. The van der Waals surface area contributed by atoms with E-state index in [-0.39, 0.29) is 12.8 Å². The molecule has 2 atom stereocenters. The van der Waals surface area contributed by atoms with Crippen LogP contribution in [-0.2, 0) is 44.9 Å². The highest BCUT2D eigenvalue weighted by Gasteiger charge is 2.23. The van der Waals surface area contributed by atoms with Gasteiger partial charge in [-0.25, -0.2) is 0 Å². The highest BCUT2D eigenvalue weighted by molar-refractivity contribution is 5.83. The molecule has 56 heavy (non-hydrogen) atoms. The van der Waals surface area contributed by atoms with Crippen molar-refractivity contribution in [3.8, 4) is 0 Å². The van der Waals surface area contributed by atoms with Gasteiger partial charge in [0.05, 0.1) is 24.7 Å². The van der Waals surface area contributed by atoms with Crippen LogP contribution < -0.4 is 0 Å². The first-order chi connectivity index (χ1) is 27.1. The summed E-state index contributed by atoms with van der Waals surface area (Å²) in [5.41, 5.74) is 6.35. The van der Waals surface area contributed by atoms with Gasteiger partial charge < -0.3 is 20.4 Å². The molecule has 4 aromatic heterocycles. The standard InChI is InChI=1S/2C12H12N2.2C10H10O4/c2*1(11-3-7-13-8-4-11)2-12-5-9-14-10-6-12;2*11-9(12)6-8(10(13)14)7-4-2-1-3-5-7/h2*3-10H,1-2H2;2*1-5,8H,6H2,(H,11,12)(H,13,14)/t;;2*8-/m..00/s1. The zero-order valence-electron chi connectivity index (χ0n) is 30.6. The number of carboxylic acids is 4. The second-order valence-electron chi connectivity index (χ2n) is 12.2. The van der Waals surface area contributed by atoms with Gasteiger partial charge in [0.15, 0.2) is 0 Å². The summed E-state index contributed by atoms with van der Waals surface area (Å²) in [5, 5.41) is 34.7. The van der Waals surface area contributed by atoms with Crippen LogP contribution >= 0.6 is 0 Å². The number of nitrogens with zero attached hydrogens (tertiary/aromatic N) is 4. The first-order valence-corrected chi connectivity index (χ1v) is 17.7. The van der Waals surface area contributed by atoms with E-state index < -0.39 is 35.7 Å². The van der Waals surface area contributed by atoms with Crippen molar-refractivity contribution in [3.63, 3.8) is 0 Å². The predicted octanol–water partition coefficient (Wildman–Crippen LogP) is 7.18. The minimum atomic E-state index is -1.11. The first kappa shape index (κ1) is 43.3. The molecule has 0 aliphatic carbocycles. The molecular formula is C44H44N4O8. The highest BCUT2D eigenvalue weighted by atomic mass is 16.4. The van der Waals surface area contributed by atoms with Gasteiger partial charge in [-0.1, -0.05) is 60.7 Å². The molecule has 0 fully saturated rings. The van der Waals surface area contributed by atoms with Crippen molar-refractivity contribution >= 4 is 23.9 Å². The smallest absolute Gasteiger partial charge is 0.311 e. The molecule has 0 unspecified atom stereocenters. The molecule has 6 rings (SSSR count). The van der Waals surface area contributed by atoms with Gasteiger partial charge in [-0.2, -0.15) is 0 Å². The maximum absolute atomic E-state index is 10.8. The molecule has 6 aromatic rings. The van der Waals surface area contributed by atoms with E-state index in [1.807, 2.05) is 49.6 Å². The van der Waals surface area contributed by atoms with E-state index in [9.17, 15) is 19.2 Å². The number of aliphatic carboxylic acids is 4. The van der Waals surface area contributed by atoms with Crippen molar-refractivity contribution < 1.29 is 39.6 Å². The summed E-state index contributed by atoms with van der Waals surface area (Å²) in [4.78, 5) is 58.4. The van der Waals surface area contributed by atoms with Gasteiger partial charge in [-0.15, -0.1) is 0 Å². The van der Waals surface area contributed by atoms with Crippen molar-refractivity contribution in [2.45, 2.75) is 50.4 Å². The predicted molar refractivity (Wildman–Crippen MR) is 210 cm³/mol. The quantitative estimate of drug-likeness (QED) is 0.0874. The Morgan fingerprint density at radius 1 is 0.375 bits per heavy atom. The van der Waals surface area contributed by atoms with E-state index in [1.54, 1.807) is 60.7 Å². The zero-order chi connectivity index (χ0) is 40.4. The first-order valence-electron chi connectivity index (χ1n) is 17.7. The Kier molecular flexibility index (Phi) is 19.4. The summed E-state index contributed by atoms with van der Waals surface area (Å²) < 4.78 is 0. The van der Waals surface area contributed by atoms with E-state index in [0.29, 0.717) is 11.1 Å². The summed E-state index contributed by atoms with van der Waals surface area (Å²) in [6, 6.07) is 33.2. The van der Waals surface area contributed by atoms with Crippen LogP contribution in [0.4, 0.5) is 0 Å². The monoisotopic (exact) mass is 756 g/mol. The van der Waals surface area contributed by atoms with Crippen LogP contribution in [0.3, 0.4) is 0 Å². The Morgan fingerprint density at radius 2 is 0.607 bits per heavy atom. The summed E-state index contributed by atoms with van der Waals surface area (Å²) in [7, 11) is 0. The molecule has 288 valence electrons. The molecule has 12 heteroatoms. The number of aryl methyl sites for hydroxylation is 4. The molecule has 4 heterocycles. The second-order valence-corrected chi connectivity index (χ2v) is 12.2. The summed E-state index contributed by atoms with van der Waals surface area (Å²) in [6.45, 7) is 0. The molecule has 12 nitrogen and oxygen atoms in total. The number of benzene rings is 2. The molecule has 2 aromatic carbocycles. The van der Waals surface area contributed by atoms with E-state index in [0.717, 1.165) is 25.7 Å². The zero-order valence-corrected chi connectivity index (χ0v) is 30.6. The van der Waals surface area contributed by atoms with Crippen LogP contribution in [0.5, 0.6) is 0 Å². The fraction of sp³-hybridized carbons (Fsp3) is 0.182. The van der Waals surface area contributed by atoms with Crippen molar-refractivity contribution in [1.29, 1.82) is 0 Å². The normalized spacial score (nSPS) is 11.0. The van der Waals surface area contributed by atoms with E-state index >= 15 is 0 Å². The molecule has 0 saturated heterocycles. The van der Waals surface area contributed by atoms with Gasteiger partial charge in [0.1, 0.15) is 0 Å². The van der Waals surface area contributed by atoms with Crippen molar-refractivity contribution in [1.82, 2.24) is 19.9 Å². The largest absolute Gasteiger partial charge is 0.481 e. The lowest BCUT2D eigenvalue weighted by molar-refractivity contribution is -0.145. The van der Waals surface area contributed by atoms with Crippen LogP contribution in [0, 0.1) is 0 Å². The molecule has 0 amide bonds. The summed E-state index contributed by atoms with van der Waals surface area (Å²) in [6.07, 6.45) is 18.2. The lowest BCUT2D eigenvalue weighted by atomic mass is 9.96. The minimum absolute atomic E-state index is 0.390. The third-order valence-electron chi connectivity index (χ3n) is 8.16. The van der Waals surface area contributed by atoms with Crippen LogP contribution in [0.1, 0.15) is 58.1 Å². The highest BCUT2D eigenvalue weighted by Crippen LogP contribution is 2.20. The maximum atomic E-state index is 10.8. The number of rotatable bonds is 14. The van der Waals surface area contributed by atoms with Crippen LogP contribution in [-0.4, -0.2) is 64.2 Å². The third-order valence-corrected chi connectivity index (χ3v) is 8.16. The van der Waals surface area contributed by atoms with Gasteiger partial charge in [0.25, 0.3) is 0 Å². The summed E-state index contributed by atoms with van der Waals surface area (Å²) >= 11 is 0. The van der Waals surface area contributed by atoms with E-state index in [2.05, 4.69) is 68.5 Å². The van der Waals surface area contributed by atoms with E-state index in [1.165, 1.54) is 22.3 Å². The van der Waals surface area contributed by atoms with Gasteiger partial charge >= 0.3 is 23.9 Å². The van der Waals surface area contributed by atoms with Gasteiger partial charge in [-0.05, 0) is 108 Å².